The summed E-state index contributed by atoms with van der Waals surface area (Å²) in [6.07, 6.45) is -0.507. The summed E-state index contributed by atoms with van der Waals surface area (Å²) in [6, 6.07) is 16.7. The first-order chi connectivity index (χ1) is 15.6. The Balaban J connectivity index is 1.56. The molecule has 3 aromatic heterocycles. The van der Waals surface area contributed by atoms with Gasteiger partial charge in [0.25, 0.3) is 0 Å². The predicted molar refractivity (Wildman–Crippen MR) is 124 cm³/mol. The van der Waals surface area contributed by atoms with Crippen LogP contribution in [0.4, 0.5) is 10.5 Å². The zero-order chi connectivity index (χ0) is 23.8. The molecule has 2 N–H and O–H groups in total. The minimum Gasteiger partial charge on any atom is -0.476 e. The minimum absolute atomic E-state index is 0.0147. The molecule has 1 amide bonds. The number of pyridine rings is 1. The third kappa shape index (κ3) is 5.03. The van der Waals surface area contributed by atoms with E-state index in [0.717, 1.165) is 28.2 Å². The Morgan fingerprint density at radius 1 is 1.06 bits per heavy atom. The fourth-order valence-corrected chi connectivity index (χ4v) is 3.41. The number of amides is 1. The summed E-state index contributed by atoms with van der Waals surface area (Å²) in [6.45, 7) is 7.64. The Hall–Kier alpha value is -4.14. The fourth-order valence-electron chi connectivity index (χ4n) is 3.41. The van der Waals surface area contributed by atoms with Gasteiger partial charge in [0.15, 0.2) is 5.69 Å². The maximum absolute atomic E-state index is 12.0. The molecule has 33 heavy (non-hydrogen) atoms. The van der Waals surface area contributed by atoms with Crippen LogP contribution < -0.4 is 5.32 Å². The molecular weight excluding hydrogens is 422 g/mol. The molecule has 0 unspecified atom stereocenters. The van der Waals surface area contributed by atoms with Crippen molar-refractivity contribution < 1.29 is 19.4 Å². The van der Waals surface area contributed by atoms with Gasteiger partial charge in [0, 0.05) is 16.9 Å². The number of aryl methyl sites for hydroxylation is 1. The van der Waals surface area contributed by atoms with Gasteiger partial charge in [0.2, 0.25) is 0 Å². The van der Waals surface area contributed by atoms with E-state index in [2.05, 4.69) is 10.4 Å². The van der Waals surface area contributed by atoms with Gasteiger partial charge in [0.05, 0.1) is 23.4 Å². The van der Waals surface area contributed by atoms with E-state index < -0.39 is 17.7 Å². The summed E-state index contributed by atoms with van der Waals surface area (Å²) in [5, 5.41) is 20.8. The number of fused-ring (bicyclic) bond motifs is 1. The number of anilines is 1. The van der Waals surface area contributed by atoms with Gasteiger partial charge < -0.3 is 9.84 Å². The Kier molecular flexibility index (Phi) is 5.63. The van der Waals surface area contributed by atoms with Crippen molar-refractivity contribution in [3.8, 4) is 11.3 Å². The number of hydrogen-bond donors (Lipinski definition) is 2. The van der Waals surface area contributed by atoms with Gasteiger partial charge in [0.1, 0.15) is 5.60 Å². The molecule has 9 heteroatoms. The zero-order valence-electron chi connectivity index (χ0n) is 18.9. The van der Waals surface area contributed by atoms with Gasteiger partial charge in [-0.3, -0.25) is 10.00 Å². The van der Waals surface area contributed by atoms with E-state index in [1.165, 1.54) is 0 Å². The number of carbonyl (C=O) groups excluding carboxylic acids is 1. The van der Waals surface area contributed by atoms with Crippen LogP contribution in [0.3, 0.4) is 0 Å². The van der Waals surface area contributed by atoms with Gasteiger partial charge in [-0.1, -0.05) is 18.2 Å². The van der Waals surface area contributed by atoms with E-state index >= 15 is 0 Å². The van der Waals surface area contributed by atoms with Gasteiger partial charge in [-0.15, -0.1) is 0 Å². The topological polar surface area (TPSA) is 111 Å². The molecule has 0 saturated carbocycles. The van der Waals surface area contributed by atoms with Crippen LogP contribution in [0.1, 0.15) is 42.6 Å². The first-order valence-corrected chi connectivity index (χ1v) is 10.4. The summed E-state index contributed by atoms with van der Waals surface area (Å²) >= 11 is 0. The number of carbonyl (C=O) groups is 2. The van der Waals surface area contributed by atoms with Crippen LogP contribution in [0.15, 0.2) is 54.6 Å². The summed E-state index contributed by atoms with van der Waals surface area (Å²) in [5.74, 6) is -1.05. The number of aromatic nitrogens is 4. The van der Waals surface area contributed by atoms with Crippen molar-refractivity contribution in [3.63, 3.8) is 0 Å². The maximum atomic E-state index is 12.0. The van der Waals surface area contributed by atoms with E-state index in [1.54, 1.807) is 22.9 Å². The molecule has 3 heterocycles. The second-order valence-electron chi connectivity index (χ2n) is 8.72. The molecule has 0 spiro atoms. The number of ether oxygens (including phenoxy) is 1. The summed E-state index contributed by atoms with van der Waals surface area (Å²) < 4.78 is 8.75. The Morgan fingerprint density at radius 2 is 1.79 bits per heavy atom. The van der Waals surface area contributed by atoms with Crippen molar-refractivity contribution >= 4 is 23.3 Å². The third-order valence-electron chi connectivity index (χ3n) is 4.90. The molecule has 0 aliphatic rings. The lowest BCUT2D eigenvalue weighted by Gasteiger charge is -2.19. The highest BCUT2D eigenvalue weighted by Crippen LogP contribution is 2.23. The molecule has 0 bridgehead atoms. The molecule has 0 radical (unpaired) electrons. The number of nitrogens with one attached hydrogen (secondary N) is 1. The Bertz CT molecular complexity index is 1330. The first kappa shape index (κ1) is 22.1. The third-order valence-corrected chi connectivity index (χ3v) is 4.90. The van der Waals surface area contributed by atoms with Crippen molar-refractivity contribution in [2.24, 2.45) is 0 Å². The van der Waals surface area contributed by atoms with E-state index in [4.69, 9.17) is 9.84 Å². The number of hydrogen-bond acceptors (Lipinski definition) is 5. The standard InChI is InChI=1S/C24H25N5O4/c1-15-12-21(22(30)31)26-28(15)14-19-7-5-6-18-13-20(27-29(18)19)16-8-10-17(11-9-16)25-23(32)33-24(2,3)4/h5-13H,14H2,1-4H3,(H,25,32)(H,30,31). The van der Waals surface area contributed by atoms with Crippen molar-refractivity contribution in [1.82, 2.24) is 19.4 Å². The van der Waals surface area contributed by atoms with Crippen LogP contribution in [-0.4, -0.2) is 42.2 Å². The molecule has 4 aromatic rings. The molecule has 0 saturated heterocycles. The monoisotopic (exact) mass is 447 g/mol. The summed E-state index contributed by atoms with van der Waals surface area (Å²) in [7, 11) is 0. The van der Waals surface area contributed by atoms with Crippen LogP contribution in [0.5, 0.6) is 0 Å². The highest BCUT2D eigenvalue weighted by atomic mass is 16.6. The highest BCUT2D eigenvalue weighted by molar-refractivity contribution is 5.86. The largest absolute Gasteiger partial charge is 0.476 e. The molecule has 9 nitrogen and oxygen atoms in total. The molecule has 0 aliphatic heterocycles. The lowest BCUT2D eigenvalue weighted by Crippen LogP contribution is -2.27. The Morgan fingerprint density at radius 3 is 2.42 bits per heavy atom. The molecule has 0 atom stereocenters. The molecule has 4 rings (SSSR count). The summed E-state index contributed by atoms with van der Waals surface area (Å²) in [4.78, 5) is 23.2. The number of rotatable bonds is 5. The highest BCUT2D eigenvalue weighted by Gasteiger charge is 2.16. The van der Waals surface area contributed by atoms with Crippen molar-refractivity contribution in [1.29, 1.82) is 0 Å². The number of carboxylic acids is 1. The lowest BCUT2D eigenvalue weighted by atomic mass is 10.1. The zero-order valence-corrected chi connectivity index (χ0v) is 18.9. The SMILES string of the molecule is Cc1cc(C(=O)O)nn1Cc1cccc2cc(-c3ccc(NC(=O)OC(C)(C)C)cc3)nn12. The molecule has 1 aromatic carbocycles. The second-order valence-corrected chi connectivity index (χ2v) is 8.72. The maximum Gasteiger partial charge on any atom is 0.412 e. The number of carboxylic acid groups (broad SMARTS) is 1. The van der Waals surface area contributed by atoms with Crippen LogP contribution >= 0.6 is 0 Å². The Labute approximate surface area is 190 Å². The normalized spacial score (nSPS) is 11.5. The van der Waals surface area contributed by atoms with Crippen LogP contribution in [0.25, 0.3) is 16.8 Å². The average Bonchev–Trinajstić information content (AvgIpc) is 3.32. The molecular formula is C24H25N5O4. The van der Waals surface area contributed by atoms with E-state index in [1.807, 2.05) is 68.6 Å². The number of benzene rings is 1. The fraction of sp³-hybridized carbons (Fsp3) is 0.250. The second kappa shape index (κ2) is 8.42. The van der Waals surface area contributed by atoms with Gasteiger partial charge in [-0.2, -0.15) is 10.2 Å². The smallest absolute Gasteiger partial charge is 0.412 e. The van der Waals surface area contributed by atoms with Gasteiger partial charge in [-0.25, -0.2) is 14.1 Å². The van der Waals surface area contributed by atoms with Crippen molar-refractivity contribution in [2.75, 3.05) is 5.32 Å². The lowest BCUT2D eigenvalue weighted by molar-refractivity contribution is 0.0634. The predicted octanol–water partition coefficient (Wildman–Crippen LogP) is 4.60. The van der Waals surface area contributed by atoms with Gasteiger partial charge in [-0.05, 0) is 64.1 Å². The molecule has 170 valence electrons. The van der Waals surface area contributed by atoms with Crippen molar-refractivity contribution in [2.45, 2.75) is 39.8 Å². The van der Waals surface area contributed by atoms with E-state index in [-0.39, 0.29) is 5.69 Å². The van der Waals surface area contributed by atoms with Crippen LogP contribution in [0.2, 0.25) is 0 Å². The quantitative estimate of drug-likeness (QED) is 0.463. The van der Waals surface area contributed by atoms with E-state index in [9.17, 15) is 14.7 Å². The summed E-state index contributed by atoms with van der Waals surface area (Å²) in [5.41, 5.74) is 4.26. The first-order valence-electron chi connectivity index (χ1n) is 10.4. The number of aromatic carboxylic acids is 1. The van der Waals surface area contributed by atoms with Crippen molar-refractivity contribution in [3.05, 3.63) is 71.7 Å². The van der Waals surface area contributed by atoms with E-state index in [0.29, 0.717) is 12.2 Å². The number of nitrogens with zero attached hydrogens (tertiary/aromatic N) is 4. The van der Waals surface area contributed by atoms with Crippen LogP contribution in [-0.2, 0) is 11.3 Å². The van der Waals surface area contributed by atoms with Crippen LogP contribution in [0, 0.1) is 6.92 Å². The molecule has 0 fully saturated rings. The van der Waals surface area contributed by atoms with Gasteiger partial charge >= 0.3 is 12.1 Å². The minimum atomic E-state index is -1.05. The molecule has 0 aliphatic carbocycles. The average molecular weight is 447 g/mol.